The van der Waals surface area contributed by atoms with Gasteiger partial charge in [0.05, 0.1) is 27.6 Å². The third-order valence-corrected chi connectivity index (χ3v) is 5.35. The molecule has 6 heteroatoms. The summed E-state index contributed by atoms with van der Waals surface area (Å²) < 4.78 is 1.24. The highest BCUT2D eigenvalue weighted by molar-refractivity contribution is 7.16. The van der Waals surface area contributed by atoms with Crippen LogP contribution < -0.4 is 5.32 Å². The van der Waals surface area contributed by atoms with Crippen LogP contribution in [0.3, 0.4) is 0 Å². The lowest BCUT2D eigenvalue weighted by Gasteiger charge is -2.19. The number of rotatable bonds is 3. The van der Waals surface area contributed by atoms with Gasteiger partial charge in [-0.2, -0.15) is 0 Å². The van der Waals surface area contributed by atoms with Crippen molar-refractivity contribution in [3.8, 4) is 0 Å². The van der Waals surface area contributed by atoms with Crippen molar-refractivity contribution in [3.05, 3.63) is 52.8 Å². The van der Waals surface area contributed by atoms with E-state index in [0.29, 0.717) is 0 Å². The van der Waals surface area contributed by atoms with Gasteiger partial charge in [0, 0.05) is 38.7 Å². The maximum absolute atomic E-state index is 11.2. The van der Waals surface area contributed by atoms with Gasteiger partial charge in [-0.3, -0.25) is 14.7 Å². The van der Waals surface area contributed by atoms with Crippen LogP contribution in [0.2, 0.25) is 0 Å². The molecule has 0 atom stereocenters. The number of hydrogen-bond donors (Lipinski definition) is 1. The molecule has 128 valence electrons. The fourth-order valence-corrected chi connectivity index (χ4v) is 3.98. The Labute approximate surface area is 150 Å². The van der Waals surface area contributed by atoms with Gasteiger partial charge in [0.1, 0.15) is 0 Å². The van der Waals surface area contributed by atoms with E-state index in [9.17, 15) is 4.79 Å². The molecular formula is C19H20N4OS. The summed E-state index contributed by atoms with van der Waals surface area (Å²) in [5.41, 5.74) is 7.46. The molecule has 1 amide bonds. The zero-order chi connectivity index (χ0) is 17.2. The van der Waals surface area contributed by atoms with E-state index in [1.807, 2.05) is 5.51 Å². The van der Waals surface area contributed by atoms with Gasteiger partial charge >= 0.3 is 0 Å². The van der Waals surface area contributed by atoms with Crippen molar-refractivity contribution in [2.75, 3.05) is 18.4 Å². The van der Waals surface area contributed by atoms with Crippen molar-refractivity contribution in [1.29, 1.82) is 0 Å². The van der Waals surface area contributed by atoms with Gasteiger partial charge in [-0.25, -0.2) is 4.98 Å². The van der Waals surface area contributed by atoms with Crippen LogP contribution in [0, 0.1) is 0 Å². The molecule has 2 aromatic heterocycles. The summed E-state index contributed by atoms with van der Waals surface area (Å²) >= 11 is 1.68. The van der Waals surface area contributed by atoms with Crippen molar-refractivity contribution in [1.82, 2.24) is 14.9 Å². The Morgan fingerprint density at radius 3 is 3.00 bits per heavy atom. The van der Waals surface area contributed by atoms with Crippen LogP contribution in [0.15, 0.2) is 36.0 Å². The van der Waals surface area contributed by atoms with E-state index in [-0.39, 0.29) is 5.91 Å². The monoisotopic (exact) mass is 352 g/mol. The summed E-state index contributed by atoms with van der Waals surface area (Å²) in [7, 11) is 0. The number of carbonyl (C=O) groups is 1. The largest absolute Gasteiger partial charge is 0.325 e. The molecule has 5 nitrogen and oxygen atoms in total. The van der Waals surface area contributed by atoms with Gasteiger partial charge in [-0.1, -0.05) is 6.07 Å². The van der Waals surface area contributed by atoms with E-state index in [4.69, 9.17) is 0 Å². The molecule has 0 saturated heterocycles. The highest BCUT2D eigenvalue weighted by atomic mass is 32.1. The number of nitrogens with one attached hydrogen (secondary N) is 1. The highest BCUT2D eigenvalue weighted by Crippen LogP contribution is 2.22. The van der Waals surface area contributed by atoms with Crippen molar-refractivity contribution < 1.29 is 4.79 Å². The number of fused-ring (bicyclic) bond motifs is 2. The normalized spacial score (nSPS) is 14.9. The fourth-order valence-electron chi connectivity index (χ4n) is 3.32. The van der Waals surface area contributed by atoms with Crippen LogP contribution in [0.1, 0.15) is 23.7 Å². The second-order valence-electron chi connectivity index (χ2n) is 6.44. The second-order valence-corrected chi connectivity index (χ2v) is 7.33. The average molecular weight is 352 g/mol. The van der Waals surface area contributed by atoms with Crippen LogP contribution in [-0.2, 0) is 24.2 Å². The molecule has 3 heterocycles. The van der Waals surface area contributed by atoms with Crippen LogP contribution >= 0.6 is 11.3 Å². The topological polar surface area (TPSA) is 58.1 Å². The Bertz CT molecular complexity index is 921. The van der Waals surface area contributed by atoms with Gasteiger partial charge in [0.25, 0.3) is 0 Å². The highest BCUT2D eigenvalue weighted by Gasteiger charge is 2.16. The Morgan fingerprint density at radius 1 is 1.24 bits per heavy atom. The molecule has 1 aliphatic heterocycles. The maximum atomic E-state index is 11.2. The first-order chi connectivity index (χ1) is 12.2. The smallest absolute Gasteiger partial charge is 0.221 e. The summed E-state index contributed by atoms with van der Waals surface area (Å²) in [6, 6.07) is 8.62. The molecule has 0 bridgehead atoms. The summed E-state index contributed by atoms with van der Waals surface area (Å²) in [6.07, 6.45) is 3.65. The molecule has 4 rings (SSSR count). The molecule has 0 aliphatic carbocycles. The number of hydrogen-bond acceptors (Lipinski definition) is 5. The van der Waals surface area contributed by atoms with Crippen LogP contribution in [0.25, 0.3) is 10.2 Å². The number of benzene rings is 1. The van der Waals surface area contributed by atoms with E-state index in [2.05, 4.69) is 44.5 Å². The third-order valence-electron chi connectivity index (χ3n) is 4.54. The van der Waals surface area contributed by atoms with Crippen molar-refractivity contribution in [2.45, 2.75) is 26.3 Å². The lowest BCUT2D eigenvalue weighted by molar-refractivity contribution is -0.114. The number of pyridine rings is 1. The van der Waals surface area contributed by atoms with E-state index < -0.39 is 0 Å². The predicted molar refractivity (Wildman–Crippen MR) is 101 cm³/mol. The number of aromatic nitrogens is 2. The molecule has 25 heavy (non-hydrogen) atoms. The van der Waals surface area contributed by atoms with Gasteiger partial charge < -0.3 is 5.32 Å². The third kappa shape index (κ3) is 3.70. The first-order valence-corrected chi connectivity index (χ1v) is 9.35. The number of carbonyl (C=O) groups excluding carboxylic acids is 1. The number of anilines is 1. The minimum atomic E-state index is -0.0607. The summed E-state index contributed by atoms with van der Waals surface area (Å²) in [5, 5.41) is 2.82. The summed E-state index contributed by atoms with van der Waals surface area (Å²) in [6.45, 7) is 4.44. The van der Waals surface area contributed by atoms with Crippen molar-refractivity contribution in [3.63, 3.8) is 0 Å². The molecule has 0 saturated carbocycles. The molecule has 1 aliphatic rings. The first-order valence-electron chi connectivity index (χ1n) is 8.47. The first kappa shape index (κ1) is 16.2. The lowest BCUT2D eigenvalue weighted by atomic mass is 10.1. The van der Waals surface area contributed by atoms with E-state index in [1.54, 1.807) is 17.5 Å². The molecule has 1 aromatic carbocycles. The molecule has 0 unspecified atom stereocenters. The predicted octanol–water partition coefficient (Wildman–Crippen LogP) is 3.25. The minimum Gasteiger partial charge on any atom is -0.325 e. The Kier molecular flexibility index (Phi) is 4.46. The Balaban J connectivity index is 1.46. The van der Waals surface area contributed by atoms with E-state index >= 15 is 0 Å². The number of amides is 1. The fraction of sp³-hybridized carbons (Fsp3) is 0.316. The Hall–Kier alpha value is -2.31. The van der Waals surface area contributed by atoms with Crippen LogP contribution in [-0.4, -0.2) is 33.9 Å². The summed E-state index contributed by atoms with van der Waals surface area (Å²) in [5.74, 6) is -0.0607. The molecule has 0 fully saturated rings. The van der Waals surface area contributed by atoms with Crippen molar-refractivity contribution in [2.24, 2.45) is 0 Å². The summed E-state index contributed by atoms with van der Waals surface area (Å²) in [4.78, 5) is 22.7. The van der Waals surface area contributed by atoms with Crippen LogP contribution in [0.4, 0.5) is 5.69 Å². The van der Waals surface area contributed by atoms with Gasteiger partial charge in [0.2, 0.25) is 5.91 Å². The van der Waals surface area contributed by atoms with E-state index in [0.717, 1.165) is 49.4 Å². The standard InChI is InChI=1S/C19H20N4OS/c1-13(24)22-16-9-15-4-6-23(7-5-17(15)20-10-16)11-14-2-3-19-18(8-14)21-12-25-19/h2-3,8-10,12H,4-7,11H2,1H3,(H,22,24). The molecular weight excluding hydrogens is 332 g/mol. The molecule has 0 spiro atoms. The maximum Gasteiger partial charge on any atom is 0.221 e. The molecule has 1 N–H and O–H groups in total. The quantitative estimate of drug-likeness (QED) is 0.786. The number of nitrogens with zero attached hydrogens (tertiary/aromatic N) is 3. The van der Waals surface area contributed by atoms with Gasteiger partial charge in [0.15, 0.2) is 0 Å². The second kappa shape index (κ2) is 6.90. The zero-order valence-corrected chi connectivity index (χ0v) is 15.0. The van der Waals surface area contributed by atoms with Gasteiger partial charge in [-0.15, -0.1) is 11.3 Å². The van der Waals surface area contributed by atoms with Gasteiger partial charge in [-0.05, 0) is 35.7 Å². The van der Waals surface area contributed by atoms with Crippen molar-refractivity contribution >= 4 is 33.1 Å². The SMILES string of the molecule is CC(=O)Nc1cnc2c(c1)CCN(Cc1ccc3scnc3c1)CC2. The molecule has 0 radical (unpaired) electrons. The molecule has 3 aromatic rings. The minimum absolute atomic E-state index is 0.0607. The van der Waals surface area contributed by atoms with E-state index in [1.165, 1.54) is 22.8 Å². The zero-order valence-electron chi connectivity index (χ0n) is 14.2. The Morgan fingerprint density at radius 2 is 2.12 bits per heavy atom. The lowest BCUT2D eigenvalue weighted by Crippen LogP contribution is -2.25. The number of thiazole rings is 1. The average Bonchev–Trinajstić information content (AvgIpc) is 2.96. The van der Waals surface area contributed by atoms with Crippen LogP contribution in [0.5, 0.6) is 0 Å².